The second-order valence-corrected chi connectivity index (χ2v) is 9.43. The maximum absolute atomic E-state index is 13.8. The number of nitrogens with one attached hydrogen (secondary N) is 1. The van der Waals surface area contributed by atoms with Gasteiger partial charge in [0.05, 0.1) is 16.5 Å². The van der Waals surface area contributed by atoms with Crippen LogP contribution in [-0.2, 0) is 16.4 Å². The minimum Gasteiger partial charge on any atom is -0.327 e. The summed E-state index contributed by atoms with van der Waals surface area (Å²) in [6.45, 7) is 1.94. The smallest absolute Gasteiger partial charge is 0.240 e. The quantitative estimate of drug-likeness (QED) is 0.636. The van der Waals surface area contributed by atoms with Crippen molar-refractivity contribution in [3.05, 3.63) is 65.5 Å². The van der Waals surface area contributed by atoms with Crippen LogP contribution < -0.4 is 10.5 Å². The first kappa shape index (κ1) is 22.4. The number of nitrogens with two attached hydrogens (primary N) is 1. The molecule has 0 spiro atoms. The summed E-state index contributed by atoms with van der Waals surface area (Å²) in [5, 5.41) is 8.97. The lowest BCUT2D eigenvalue weighted by molar-refractivity contribution is 0.244. The summed E-state index contributed by atoms with van der Waals surface area (Å²) in [4.78, 5) is 2.34. The van der Waals surface area contributed by atoms with Crippen LogP contribution in [0.4, 0.5) is 4.39 Å². The Morgan fingerprint density at radius 2 is 2.07 bits per heavy atom. The van der Waals surface area contributed by atoms with Gasteiger partial charge in [-0.25, -0.2) is 17.5 Å². The number of hydrogen-bond donors (Lipinski definition) is 2. The van der Waals surface area contributed by atoms with Crippen LogP contribution in [0.25, 0.3) is 0 Å². The molecule has 1 heterocycles. The summed E-state index contributed by atoms with van der Waals surface area (Å²) in [5.41, 5.74) is 7.14. The third-order valence-corrected chi connectivity index (χ3v) is 6.93. The fraction of sp³-hybridized carbons (Fsp3) is 0.409. The number of halogens is 1. The number of nitriles is 1. The largest absolute Gasteiger partial charge is 0.327 e. The summed E-state index contributed by atoms with van der Waals surface area (Å²) in [6.07, 6.45) is 3.09. The molecule has 2 aromatic carbocycles. The van der Waals surface area contributed by atoms with E-state index < -0.39 is 10.0 Å². The monoisotopic (exact) mass is 430 g/mol. The molecule has 8 heteroatoms. The van der Waals surface area contributed by atoms with Crippen LogP contribution in [0.1, 0.15) is 30.4 Å². The standard InChI is InChI=1S/C22H27FN4O2S/c23-22-9-2-1-6-18(22)14-19(25)10-12-27-11-4-7-20(27)16-26-30(28,29)21-8-3-5-17(13-21)15-24/h1-3,5-6,8-9,13,19-20,26H,4,7,10-12,14,16,25H2/t19-,20-/m0/s1. The van der Waals surface area contributed by atoms with Crippen molar-refractivity contribution in [2.24, 2.45) is 5.73 Å². The predicted octanol–water partition coefficient (Wildman–Crippen LogP) is 2.40. The second kappa shape index (κ2) is 10.1. The van der Waals surface area contributed by atoms with E-state index in [0.717, 1.165) is 25.9 Å². The molecule has 1 aliphatic heterocycles. The van der Waals surface area contributed by atoms with Gasteiger partial charge in [-0.2, -0.15) is 5.26 Å². The highest BCUT2D eigenvalue weighted by Gasteiger charge is 2.26. The minimum atomic E-state index is -3.67. The van der Waals surface area contributed by atoms with E-state index in [9.17, 15) is 12.8 Å². The Bertz CT molecular complexity index is 1010. The van der Waals surface area contributed by atoms with Crippen molar-refractivity contribution < 1.29 is 12.8 Å². The second-order valence-electron chi connectivity index (χ2n) is 7.67. The highest BCUT2D eigenvalue weighted by atomic mass is 32.2. The number of sulfonamides is 1. The van der Waals surface area contributed by atoms with Crippen LogP contribution in [0.2, 0.25) is 0 Å². The van der Waals surface area contributed by atoms with Crippen molar-refractivity contribution in [2.75, 3.05) is 19.6 Å². The van der Waals surface area contributed by atoms with Gasteiger partial charge in [0.2, 0.25) is 10.0 Å². The number of hydrogen-bond acceptors (Lipinski definition) is 5. The van der Waals surface area contributed by atoms with Crippen molar-refractivity contribution in [1.82, 2.24) is 9.62 Å². The van der Waals surface area contributed by atoms with E-state index in [0.29, 0.717) is 30.5 Å². The third kappa shape index (κ3) is 5.86. The molecule has 0 bridgehead atoms. The van der Waals surface area contributed by atoms with Crippen LogP contribution in [0, 0.1) is 17.1 Å². The zero-order chi connectivity index (χ0) is 21.6. The molecule has 0 aliphatic carbocycles. The lowest BCUT2D eigenvalue weighted by Crippen LogP contribution is -2.42. The summed E-state index contributed by atoms with van der Waals surface area (Å²) in [7, 11) is -3.67. The lowest BCUT2D eigenvalue weighted by atomic mass is 10.0. The fourth-order valence-corrected chi connectivity index (χ4v) is 4.94. The zero-order valence-corrected chi connectivity index (χ0v) is 17.6. The Balaban J connectivity index is 1.52. The van der Waals surface area contributed by atoms with E-state index in [1.54, 1.807) is 30.3 Å². The van der Waals surface area contributed by atoms with Gasteiger partial charge in [0.1, 0.15) is 5.82 Å². The molecular weight excluding hydrogens is 403 g/mol. The molecule has 0 radical (unpaired) electrons. The molecule has 2 atom stereocenters. The van der Waals surface area contributed by atoms with Crippen molar-refractivity contribution >= 4 is 10.0 Å². The average molecular weight is 431 g/mol. The Labute approximate surface area is 177 Å². The minimum absolute atomic E-state index is 0.0954. The molecule has 30 heavy (non-hydrogen) atoms. The van der Waals surface area contributed by atoms with Crippen LogP contribution in [0.3, 0.4) is 0 Å². The molecular formula is C22H27FN4O2S. The normalized spacial score (nSPS) is 18.2. The van der Waals surface area contributed by atoms with Crippen molar-refractivity contribution in [2.45, 2.75) is 42.7 Å². The van der Waals surface area contributed by atoms with Gasteiger partial charge in [0, 0.05) is 18.6 Å². The van der Waals surface area contributed by atoms with E-state index in [-0.39, 0.29) is 22.8 Å². The molecule has 3 rings (SSSR count). The predicted molar refractivity (Wildman–Crippen MR) is 114 cm³/mol. The molecule has 1 fully saturated rings. The molecule has 0 saturated carbocycles. The number of benzene rings is 2. The molecule has 6 nitrogen and oxygen atoms in total. The van der Waals surface area contributed by atoms with Crippen LogP contribution in [-0.4, -0.2) is 45.0 Å². The molecule has 2 aromatic rings. The maximum Gasteiger partial charge on any atom is 0.240 e. The molecule has 3 N–H and O–H groups in total. The SMILES string of the molecule is N#Cc1cccc(S(=O)(=O)NC[C@@H]2CCCN2CC[C@H](N)Cc2ccccc2F)c1. The summed E-state index contributed by atoms with van der Waals surface area (Å²) < 4.78 is 41.6. The zero-order valence-electron chi connectivity index (χ0n) is 16.8. The number of likely N-dealkylation sites (tertiary alicyclic amines) is 1. The highest BCUT2D eigenvalue weighted by Crippen LogP contribution is 2.19. The Hall–Kier alpha value is -2.31. The van der Waals surface area contributed by atoms with Gasteiger partial charge in [0.15, 0.2) is 0 Å². The van der Waals surface area contributed by atoms with Gasteiger partial charge in [-0.05, 0) is 68.6 Å². The van der Waals surface area contributed by atoms with Gasteiger partial charge in [0.25, 0.3) is 0 Å². The van der Waals surface area contributed by atoms with E-state index in [4.69, 9.17) is 11.0 Å². The maximum atomic E-state index is 13.8. The van der Waals surface area contributed by atoms with E-state index >= 15 is 0 Å². The number of rotatable bonds is 9. The summed E-state index contributed by atoms with van der Waals surface area (Å²) in [5.74, 6) is -0.234. The molecule has 0 aromatic heterocycles. The summed E-state index contributed by atoms with van der Waals surface area (Å²) in [6, 6.07) is 14.5. The first-order valence-electron chi connectivity index (χ1n) is 10.1. The van der Waals surface area contributed by atoms with Crippen LogP contribution in [0.5, 0.6) is 0 Å². The summed E-state index contributed by atoms with van der Waals surface area (Å²) >= 11 is 0. The molecule has 0 amide bonds. The first-order chi connectivity index (χ1) is 14.4. The Morgan fingerprint density at radius 1 is 1.27 bits per heavy atom. The van der Waals surface area contributed by atoms with Gasteiger partial charge in [-0.1, -0.05) is 24.3 Å². The molecule has 1 saturated heterocycles. The average Bonchev–Trinajstić information content (AvgIpc) is 3.20. The Kier molecular flexibility index (Phi) is 7.56. The van der Waals surface area contributed by atoms with Gasteiger partial charge < -0.3 is 5.73 Å². The molecule has 1 aliphatic rings. The molecule has 0 unspecified atom stereocenters. The van der Waals surface area contributed by atoms with E-state index in [1.165, 1.54) is 18.2 Å². The number of nitrogens with zero attached hydrogens (tertiary/aromatic N) is 2. The van der Waals surface area contributed by atoms with E-state index in [1.807, 2.05) is 6.07 Å². The lowest BCUT2D eigenvalue weighted by Gasteiger charge is -2.26. The van der Waals surface area contributed by atoms with Crippen LogP contribution in [0.15, 0.2) is 53.4 Å². The fourth-order valence-electron chi connectivity index (χ4n) is 3.82. The van der Waals surface area contributed by atoms with E-state index in [2.05, 4.69) is 9.62 Å². The van der Waals surface area contributed by atoms with Crippen molar-refractivity contribution in [3.8, 4) is 6.07 Å². The molecule has 160 valence electrons. The third-order valence-electron chi connectivity index (χ3n) is 5.51. The van der Waals surface area contributed by atoms with Gasteiger partial charge >= 0.3 is 0 Å². The van der Waals surface area contributed by atoms with Gasteiger partial charge in [-0.3, -0.25) is 4.90 Å². The van der Waals surface area contributed by atoms with Crippen molar-refractivity contribution in [1.29, 1.82) is 5.26 Å². The topological polar surface area (TPSA) is 99.2 Å². The van der Waals surface area contributed by atoms with Gasteiger partial charge in [-0.15, -0.1) is 0 Å². The van der Waals surface area contributed by atoms with Crippen LogP contribution >= 0.6 is 0 Å². The van der Waals surface area contributed by atoms with Crippen molar-refractivity contribution in [3.63, 3.8) is 0 Å². The first-order valence-corrected chi connectivity index (χ1v) is 11.6. The highest BCUT2D eigenvalue weighted by molar-refractivity contribution is 7.89. The Morgan fingerprint density at radius 3 is 2.83 bits per heavy atom.